The summed E-state index contributed by atoms with van der Waals surface area (Å²) in [6.45, 7) is 6.92. The smallest absolute Gasteiger partial charge is 0.255 e. The van der Waals surface area contributed by atoms with Crippen molar-refractivity contribution in [2.75, 3.05) is 6.54 Å². The number of fused-ring (bicyclic) bond motifs is 2. The molecule has 0 saturated heterocycles. The van der Waals surface area contributed by atoms with Gasteiger partial charge in [0.05, 0.1) is 11.3 Å². The lowest BCUT2D eigenvalue weighted by molar-refractivity contribution is 0.242. The van der Waals surface area contributed by atoms with Gasteiger partial charge in [-0.05, 0) is 29.3 Å². The first-order valence-corrected chi connectivity index (χ1v) is 11.2. The highest BCUT2D eigenvalue weighted by molar-refractivity contribution is 5.84. The zero-order valence-corrected chi connectivity index (χ0v) is 18.5. The van der Waals surface area contributed by atoms with Gasteiger partial charge in [0.1, 0.15) is 18.2 Å². The Kier molecular flexibility index (Phi) is 5.53. The summed E-state index contributed by atoms with van der Waals surface area (Å²) in [5.41, 5.74) is 5.19. The van der Waals surface area contributed by atoms with Crippen LogP contribution in [0, 0.1) is 0 Å². The summed E-state index contributed by atoms with van der Waals surface area (Å²) >= 11 is 0. The molecule has 0 saturated carbocycles. The summed E-state index contributed by atoms with van der Waals surface area (Å²) in [5, 5.41) is 1.16. The van der Waals surface area contributed by atoms with Gasteiger partial charge in [-0.2, -0.15) is 0 Å². The first-order chi connectivity index (χ1) is 15.6. The maximum atomic E-state index is 12.6. The molecule has 0 radical (unpaired) electrons. The van der Waals surface area contributed by atoms with Crippen molar-refractivity contribution in [1.82, 2.24) is 19.9 Å². The predicted molar refractivity (Wildman–Crippen MR) is 126 cm³/mol. The summed E-state index contributed by atoms with van der Waals surface area (Å²) < 4.78 is 6.03. The van der Waals surface area contributed by atoms with Crippen LogP contribution in [0.2, 0.25) is 0 Å². The number of aromatic nitrogens is 3. The van der Waals surface area contributed by atoms with Crippen molar-refractivity contribution in [1.29, 1.82) is 0 Å². The average Bonchev–Trinajstić information content (AvgIpc) is 3.20. The minimum atomic E-state index is -0.000995. The van der Waals surface area contributed by atoms with Gasteiger partial charge in [0.15, 0.2) is 0 Å². The third-order valence-electron chi connectivity index (χ3n) is 6.09. The zero-order valence-electron chi connectivity index (χ0n) is 18.5. The number of nitrogens with one attached hydrogen (secondary N) is 2. The second-order valence-corrected chi connectivity index (χ2v) is 8.79. The fraction of sp³-hybridized carbons (Fsp3) is 0.308. The molecule has 5 rings (SSSR count). The zero-order chi connectivity index (χ0) is 22.1. The fourth-order valence-corrected chi connectivity index (χ4v) is 4.27. The van der Waals surface area contributed by atoms with Crippen LogP contribution >= 0.6 is 0 Å². The van der Waals surface area contributed by atoms with Crippen LogP contribution in [0.3, 0.4) is 0 Å². The molecule has 1 aliphatic rings. The highest BCUT2D eigenvalue weighted by Gasteiger charge is 2.22. The Hall–Kier alpha value is -3.38. The maximum Gasteiger partial charge on any atom is 0.255 e. The lowest BCUT2D eigenvalue weighted by Crippen LogP contribution is -2.35. The summed E-state index contributed by atoms with van der Waals surface area (Å²) in [6.07, 6.45) is 2.86. The number of hydrogen-bond donors (Lipinski definition) is 2. The van der Waals surface area contributed by atoms with Crippen LogP contribution in [0.15, 0.2) is 59.5 Å². The van der Waals surface area contributed by atoms with Crippen LogP contribution in [0.1, 0.15) is 48.0 Å². The standard InChI is InChI=1S/C26H28N4O2/c1-17(2)25-28-24-10-11-30(15-22(24)26(31)29-25)14-19-13-27-23-9-8-20(12-21(19)23)32-16-18-6-4-3-5-7-18/h3-9,12-13,17,27H,10-11,14-16H2,1-2H3,(H,28,29,31). The quantitative estimate of drug-likeness (QED) is 0.474. The molecule has 2 aromatic carbocycles. The van der Waals surface area contributed by atoms with E-state index in [9.17, 15) is 4.79 Å². The second kappa shape index (κ2) is 8.63. The van der Waals surface area contributed by atoms with Gasteiger partial charge >= 0.3 is 0 Å². The molecular formula is C26H28N4O2. The van der Waals surface area contributed by atoms with Gasteiger partial charge in [-0.15, -0.1) is 0 Å². The molecule has 0 aliphatic carbocycles. The maximum absolute atomic E-state index is 12.6. The SMILES string of the molecule is CC(C)c1nc2c(c(=O)[nH]1)CN(Cc1c[nH]c3ccc(OCc4ccccc4)cc13)CC2. The highest BCUT2D eigenvalue weighted by atomic mass is 16.5. The van der Waals surface area contributed by atoms with Crippen molar-refractivity contribution in [3.63, 3.8) is 0 Å². The first kappa shape index (κ1) is 20.5. The molecule has 1 aliphatic heterocycles. The Morgan fingerprint density at radius 3 is 2.81 bits per heavy atom. The molecule has 2 aromatic heterocycles. The Balaban J connectivity index is 1.33. The van der Waals surface area contributed by atoms with Crippen LogP contribution in [-0.4, -0.2) is 26.4 Å². The van der Waals surface area contributed by atoms with E-state index in [0.29, 0.717) is 13.2 Å². The summed E-state index contributed by atoms with van der Waals surface area (Å²) in [6, 6.07) is 16.3. The number of H-pyrrole nitrogens is 2. The van der Waals surface area contributed by atoms with Crippen LogP contribution in [0.4, 0.5) is 0 Å². The van der Waals surface area contributed by atoms with Crippen molar-refractivity contribution < 1.29 is 4.74 Å². The van der Waals surface area contributed by atoms with Gasteiger partial charge in [-0.25, -0.2) is 4.98 Å². The topological polar surface area (TPSA) is 74.0 Å². The molecule has 4 aromatic rings. The molecule has 0 bridgehead atoms. The lowest BCUT2D eigenvalue weighted by atomic mass is 10.0. The normalized spacial score (nSPS) is 14.1. The number of ether oxygens (including phenoxy) is 1. The van der Waals surface area contributed by atoms with Gasteiger partial charge in [0, 0.05) is 49.1 Å². The van der Waals surface area contributed by atoms with E-state index in [2.05, 4.69) is 59.2 Å². The first-order valence-electron chi connectivity index (χ1n) is 11.2. The van der Waals surface area contributed by atoms with Crippen molar-refractivity contribution in [3.8, 4) is 5.75 Å². The number of hydrogen-bond acceptors (Lipinski definition) is 4. The number of benzene rings is 2. The molecule has 0 unspecified atom stereocenters. The summed E-state index contributed by atoms with van der Waals surface area (Å²) in [4.78, 5) is 26.0. The molecule has 6 nitrogen and oxygen atoms in total. The van der Waals surface area contributed by atoms with Crippen LogP contribution in [-0.2, 0) is 26.1 Å². The van der Waals surface area contributed by atoms with E-state index in [1.807, 2.05) is 24.3 Å². The molecule has 2 N–H and O–H groups in total. The van der Waals surface area contributed by atoms with Crippen molar-refractivity contribution >= 4 is 10.9 Å². The van der Waals surface area contributed by atoms with E-state index < -0.39 is 0 Å². The largest absolute Gasteiger partial charge is 0.489 e. The third-order valence-corrected chi connectivity index (χ3v) is 6.09. The van der Waals surface area contributed by atoms with Crippen LogP contribution < -0.4 is 10.3 Å². The number of rotatable bonds is 6. The Morgan fingerprint density at radius 2 is 2.00 bits per heavy atom. The number of aromatic amines is 2. The molecule has 0 fully saturated rings. The second-order valence-electron chi connectivity index (χ2n) is 8.79. The molecule has 0 amide bonds. The molecule has 164 valence electrons. The molecule has 0 spiro atoms. The minimum Gasteiger partial charge on any atom is -0.489 e. The van der Waals surface area contributed by atoms with Gasteiger partial charge in [-0.3, -0.25) is 9.69 Å². The average molecular weight is 429 g/mol. The minimum absolute atomic E-state index is 0.000995. The Labute approximate surface area is 187 Å². The van der Waals surface area contributed by atoms with Crippen molar-refractivity contribution in [3.05, 3.63) is 93.3 Å². The van der Waals surface area contributed by atoms with E-state index in [1.54, 1.807) is 0 Å². The van der Waals surface area contributed by atoms with Crippen molar-refractivity contribution in [2.24, 2.45) is 0 Å². The van der Waals surface area contributed by atoms with E-state index in [0.717, 1.165) is 58.8 Å². The highest BCUT2D eigenvalue weighted by Crippen LogP contribution is 2.27. The summed E-state index contributed by atoms with van der Waals surface area (Å²) in [7, 11) is 0. The van der Waals surface area contributed by atoms with E-state index in [4.69, 9.17) is 9.72 Å². The molecule has 3 heterocycles. The Bertz CT molecular complexity index is 1290. The monoisotopic (exact) mass is 428 g/mol. The lowest BCUT2D eigenvalue weighted by Gasteiger charge is -2.27. The fourth-order valence-electron chi connectivity index (χ4n) is 4.27. The van der Waals surface area contributed by atoms with Crippen LogP contribution in [0.25, 0.3) is 10.9 Å². The van der Waals surface area contributed by atoms with Gasteiger partial charge in [0.2, 0.25) is 0 Å². The Morgan fingerprint density at radius 1 is 1.16 bits per heavy atom. The molecule has 0 atom stereocenters. The molecular weight excluding hydrogens is 400 g/mol. The molecule has 32 heavy (non-hydrogen) atoms. The van der Waals surface area contributed by atoms with E-state index in [-0.39, 0.29) is 11.5 Å². The van der Waals surface area contributed by atoms with Gasteiger partial charge < -0.3 is 14.7 Å². The van der Waals surface area contributed by atoms with E-state index in [1.165, 1.54) is 5.56 Å². The molecule has 6 heteroatoms. The predicted octanol–water partition coefficient (Wildman–Crippen LogP) is 4.51. The van der Waals surface area contributed by atoms with Crippen LogP contribution in [0.5, 0.6) is 5.75 Å². The summed E-state index contributed by atoms with van der Waals surface area (Å²) in [5.74, 6) is 1.85. The van der Waals surface area contributed by atoms with E-state index >= 15 is 0 Å². The number of nitrogens with zero attached hydrogens (tertiary/aromatic N) is 2. The van der Waals surface area contributed by atoms with Gasteiger partial charge in [0.25, 0.3) is 5.56 Å². The third kappa shape index (κ3) is 4.18. The van der Waals surface area contributed by atoms with Crippen molar-refractivity contribution in [2.45, 2.75) is 45.9 Å². The van der Waals surface area contributed by atoms with Gasteiger partial charge in [-0.1, -0.05) is 44.2 Å².